The molecule has 3 aromatic rings. The SMILES string of the molecule is CC(Sc1nc(N)cc(C(F)(F)F)n1)c1cc2ccsc2cn1. The van der Waals surface area contributed by atoms with Crippen LogP contribution in [0, 0.1) is 0 Å². The lowest BCUT2D eigenvalue weighted by Crippen LogP contribution is -2.11. The number of rotatable bonds is 3. The summed E-state index contributed by atoms with van der Waals surface area (Å²) in [6.07, 6.45) is -2.79. The van der Waals surface area contributed by atoms with E-state index in [4.69, 9.17) is 5.73 Å². The van der Waals surface area contributed by atoms with E-state index in [0.29, 0.717) is 0 Å². The Morgan fingerprint density at radius 3 is 2.78 bits per heavy atom. The van der Waals surface area contributed by atoms with E-state index in [9.17, 15) is 13.2 Å². The van der Waals surface area contributed by atoms with Crippen molar-refractivity contribution in [2.75, 3.05) is 5.73 Å². The van der Waals surface area contributed by atoms with E-state index in [2.05, 4.69) is 15.0 Å². The Balaban J connectivity index is 1.87. The van der Waals surface area contributed by atoms with Crippen molar-refractivity contribution in [1.29, 1.82) is 0 Å². The molecule has 0 aromatic carbocycles. The molecule has 0 spiro atoms. The monoisotopic (exact) mass is 356 g/mol. The first kappa shape index (κ1) is 16.0. The number of pyridine rings is 1. The smallest absolute Gasteiger partial charge is 0.384 e. The zero-order valence-electron chi connectivity index (χ0n) is 11.8. The maximum absolute atomic E-state index is 12.8. The minimum Gasteiger partial charge on any atom is -0.384 e. The summed E-state index contributed by atoms with van der Waals surface area (Å²) in [4.78, 5) is 11.8. The summed E-state index contributed by atoms with van der Waals surface area (Å²) in [6, 6.07) is 4.62. The van der Waals surface area contributed by atoms with Crippen LogP contribution in [0.1, 0.15) is 23.6 Å². The third-order valence-corrected chi connectivity index (χ3v) is 4.93. The molecule has 3 aromatic heterocycles. The van der Waals surface area contributed by atoms with Crippen LogP contribution in [0.25, 0.3) is 10.1 Å². The highest BCUT2D eigenvalue weighted by Crippen LogP contribution is 2.36. The van der Waals surface area contributed by atoms with Gasteiger partial charge in [0.15, 0.2) is 10.9 Å². The molecule has 0 bridgehead atoms. The average molecular weight is 356 g/mol. The molecule has 0 fully saturated rings. The van der Waals surface area contributed by atoms with Crippen molar-refractivity contribution < 1.29 is 13.2 Å². The van der Waals surface area contributed by atoms with Gasteiger partial charge in [-0.15, -0.1) is 11.3 Å². The average Bonchev–Trinajstić information content (AvgIpc) is 2.93. The predicted molar refractivity (Wildman–Crippen MR) is 85.3 cm³/mol. The third-order valence-electron chi connectivity index (χ3n) is 3.08. The Hall–Kier alpha value is -1.87. The number of aromatic nitrogens is 3. The number of hydrogen-bond acceptors (Lipinski definition) is 6. The Morgan fingerprint density at radius 2 is 2.04 bits per heavy atom. The van der Waals surface area contributed by atoms with Crippen LogP contribution in [-0.2, 0) is 6.18 Å². The summed E-state index contributed by atoms with van der Waals surface area (Å²) in [7, 11) is 0. The van der Waals surface area contributed by atoms with E-state index in [-0.39, 0.29) is 16.2 Å². The van der Waals surface area contributed by atoms with Crippen molar-refractivity contribution in [3.8, 4) is 0 Å². The highest BCUT2D eigenvalue weighted by Gasteiger charge is 2.33. The molecule has 0 saturated heterocycles. The maximum atomic E-state index is 12.8. The molecule has 1 unspecified atom stereocenters. The number of halogens is 3. The van der Waals surface area contributed by atoms with Crippen molar-refractivity contribution >= 4 is 39.0 Å². The van der Waals surface area contributed by atoms with Crippen molar-refractivity contribution in [3.63, 3.8) is 0 Å². The standard InChI is InChI=1S/C14H11F3N4S2/c1-7(9-4-8-2-3-22-10(8)6-19-9)23-13-20-11(14(15,16)17)5-12(18)21-13/h2-7H,1H3,(H2,18,20,21). The highest BCUT2D eigenvalue weighted by atomic mass is 32.2. The second-order valence-electron chi connectivity index (χ2n) is 4.79. The first-order chi connectivity index (χ1) is 10.8. The lowest BCUT2D eigenvalue weighted by molar-refractivity contribution is -0.141. The molecule has 9 heteroatoms. The predicted octanol–water partition coefficient (Wildman–Crippen LogP) is 4.54. The molecule has 0 radical (unpaired) electrons. The van der Waals surface area contributed by atoms with Gasteiger partial charge in [-0.3, -0.25) is 4.98 Å². The van der Waals surface area contributed by atoms with E-state index in [0.717, 1.165) is 33.6 Å². The molecule has 0 aliphatic rings. The van der Waals surface area contributed by atoms with Crippen molar-refractivity contribution in [2.24, 2.45) is 0 Å². The number of anilines is 1. The van der Waals surface area contributed by atoms with E-state index in [1.165, 1.54) is 0 Å². The number of hydrogen-bond donors (Lipinski definition) is 1. The van der Waals surface area contributed by atoms with Crippen molar-refractivity contribution in [3.05, 3.63) is 41.2 Å². The van der Waals surface area contributed by atoms with Gasteiger partial charge in [0.2, 0.25) is 0 Å². The lowest BCUT2D eigenvalue weighted by Gasteiger charge is -2.12. The van der Waals surface area contributed by atoms with E-state index >= 15 is 0 Å². The Kier molecular flexibility index (Phi) is 4.15. The maximum Gasteiger partial charge on any atom is 0.433 e. The first-order valence-corrected chi connectivity index (χ1v) is 8.30. The zero-order chi connectivity index (χ0) is 16.6. The fourth-order valence-corrected chi connectivity index (χ4v) is 3.58. The molecule has 3 heterocycles. The molecular formula is C14H11F3N4S2. The summed E-state index contributed by atoms with van der Waals surface area (Å²) < 4.78 is 39.4. The van der Waals surface area contributed by atoms with E-state index < -0.39 is 11.9 Å². The number of alkyl halides is 3. The van der Waals surface area contributed by atoms with Crippen LogP contribution in [0.15, 0.2) is 34.9 Å². The van der Waals surface area contributed by atoms with Gasteiger partial charge < -0.3 is 5.73 Å². The summed E-state index contributed by atoms with van der Waals surface area (Å²) in [6.45, 7) is 1.84. The molecule has 1 atom stereocenters. The van der Waals surface area contributed by atoms with Gasteiger partial charge in [0, 0.05) is 12.3 Å². The van der Waals surface area contributed by atoms with Gasteiger partial charge >= 0.3 is 6.18 Å². The quantitative estimate of drug-likeness (QED) is 0.551. The van der Waals surface area contributed by atoms with Gasteiger partial charge in [-0.05, 0) is 29.8 Å². The molecule has 23 heavy (non-hydrogen) atoms. The van der Waals surface area contributed by atoms with Crippen LogP contribution in [-0.4, -0.2) is 15.0 Å². The lowest BCUT2D eigenvalue weighted by atomic mass is 10.2. The second-order valence-corrected chi connectivity index (χ2v) is 7.04. The summed E-state index contributed by atoms with van der Waals surface area (Å²) >= 11 is 2.67. The van der Waals surface area contributed by atoms with Crippen molar-refractivity contribution in [2.45, 2.75) is 23.5 Å². The van der Waals surface area contributed by atoms with Gasteiger partial charge in [0.1, 0.15) is 5.82 Å². The van der Waals surface area contributed by atoms with Gasteiger partial charge in [-0.1, -0.05) is 11.8 Å². The molecule has 0 aliphatic carbocycles. The zero-order valence-corrected chi connectivity index (χ0v) is 13.5. The minimum absolute atomic E-state index is 0.0166. The van der Waals surface area contributed by atoms with Crippen LogP contribution in [0.4, 0.5) is 19.0 Å². The molecule has 0 saturated carbocycles. The van der Waals surface area contributed by atoms with Crippen molar-refractivity contribution in [1.82, 2.24) is 15.0 Å². The van der Waals surface area contributed by atoms with Gasteiger partial charge in [-0.25, -0.2) is 9.97 Å². The Bertz CT molecular complexity index is 847. The second kappa shape index (κ2) is 5.97. The van der Waals surface area contributed by atoms with Crippen LogP contribution in [0.3, 0.4) is 0 Å². The fourth-order valence-electron chi connectivity index (χ4n) is 1.97. The summed E-state index contributed by atoms with van der Waals surface area (Å²) in [5.41, 5.74) is 5.16. The largest absolute Gasteiger partial charge is 0.433 e. The Morgan fingerprint density at radius 1 is 1.26 bits per heavy atom. The number of nitrogens with zero attached hydrogens (tertiary/aromatic N) is 3. The number of fused-ring (bicyclic) bond motifs is 1. The van der Waals surface area contributed by atoms with Crippen LogP contribution in [0.5, 0.6) is 0 Å². The third kappa shape index (κ3) is 3.56. The summed E-state index contributed by atoms with van der Waals surface area (Å²) in [5.74, 6) is -0.205. The van der Waals surface area contributed by atoms with Gasteiger partial charge in [-0.2, -0.15) is 13.2 Å². The van der Waals surface area contributed by atoms with Crippen LogP contribution >= 0.6 is 23.1 Å². The number of thiophene rings is 1. The topological polar surface area (TPSA) is 64.7 Å². The molecule has 2 N–H and O–H groups in total. The highest BCUT2D eigenvalue weighted by molar-refractivity contribution is 7.99. The number of nitrogens with two attached hydrogens (primary N) is 1. The molecule has 0 amide bonds. The first-order valence-electron chi connectivity index (χ1n) is 6.54. The van der Waals surface area contributed by atoms with Crippen LogP contribution < -0.4 is 5.73 Å². The van der Waals surface area contributed by atoms with E-state index in [1.807, 2.05) is 24.4 Å². The normalized spacial score (nSPS) is 13.4. The molecule has 4 nitrogen and oxygen atoms in total. The number of thioether (sulfide) groups is 1. The van der Waals surface area contributed by atoms with Gasteiger partial charge in [0.05, 0.1) is 15.6 Å². The molecule has 3 rings (SSSR count). The van der Waals surface area contributed by atoms with Crippen LogP contribution in [0.2, 0.25) is 0 Å². The summed E-state index contributed by atoms with van der Waals surface area (Å²) in [5, 5.41) is 2.79. The Labute approximate surface area is 138 Å². The molecular weight excluding hydrogens is 345 g/mol. The molecule has 0 aliphatic heterocycles. The number of nitrogen functional groups attached to an aromatic ring is 1. The fraction of sp³-hybridized carbons (Fsp3) is 0.214. The molecule has 120 valence electrons. The van der Waals surface area contributed by atoms with E-state index in [1.54, 1.807) is 17.5 Å². The van der Waals surface area contributed by atoms with Gasteiger partial charge in [0.25, 0.3) is 0 Å². The minimum atomic E-state index is -4.55.